The quantitative estimate of drug-likeness (QED) is 0.872. The molecule has 0 saturated carbocycles. The SMILES string of the molecule is Cc1cccc(CNC(=O)N2CCN3CCN(C)C(=O)C3C2)c1. The van der Waals surface area contributed by atoms with Gasteiger partial charge in [0, 0.05) is 46.3 Å². The maximum absolute atomic E-state index is 12.4. The summed E-state index contributed by atoms with van der Waals surface area (Å²) in [5.41, 5.74) is 2.27. The van der Waals surface area contributed by atoms with E-state index in [0.717, 1.165) is 25.2 Å². The fraction of sp³-hybridized carbons (Fsp3) is 0.529. The van der Waals surface area contributed by atoms with Crippen molar-refractivity contribution >= 4 is 11.9 Å². The van der Waals surface area contributed by atoms with Crippen LogP contribution in [0.1, 0.15) is 11.1 Å². The van der Waals surface area contributed by atoms with Gasteiger partial charge in [0.2, 0.25) is 5.91 Å². The van der Waals surface area contributed by atoms with Gasteiger partial charge in [-0.25, -0.2) is 4.79 Å². The number of rotatable bonds is 2. The molecular weight excluding hydrogens is 292 g/mol. The van der Waals surface area contributed by atoms with Crippen molar-refractivity contribution in [3.05, 3.63) is 35.4 Å². The van der Waals surface area contributed by atoms with Crippen LogP contribution in [0.15, 0.2) is 24.3 Å². The molecule has 124 valence electrons. The molecule has 1 N–H and O–H groups in total. The number of carbonyl (C=O) groups is 2. The Morgan fingerprint density at radius 2 is 2.04 bits per heavy atom. The van der Waals surface area contributed by atoms with Crippen LogP contribution in [0.5, 0.6) is 0 Å². The lowest BCUT2D eigenvalue weighted by Gasteiger charge is -2.45. The van der Waals surface area contributed by atoms with Crippen molar-refractivity contribution in [2.45, 2.75) is 19.5 Å². The first kappa shape index (κ1) is 15.8. The molecule has 0 bridgehead atoms. The van der Waals surface area contributed by atoms with E-state index < -0.39 is 0 Å². The lowest BCUT2D eigenvalue weighted by atomic mass is 10.1. The molecule has 1 atom stereocenters. The maximum Gasteiger partial charge on any atom is 0.317 e. The molecule has 0 spiro atoms. The molecule has 3 amide bonds. The molecule has 0 aliphatic carbocycles. The van der Waals surface area contributed by atoms with E-state index >= 15 is 0 Å². The number of aryl methyl sites for hydroxylation is 1. The summed E-state index contributed by atoms with van der Waals surface area (Å²) in [5.74, 6) is 0.118. The number of nitrogens with zero attached hydrogens (tertiary/aromatic N) is 3. The van der Waals surface area contributed by atoms with E-state index in [2.05, 4.69) is 16.3 Å². The minimum absolute atomic E-state index is 0.0906. The minimum Gasteiger partial charge on any atom is -0.343 e. The van der Waals surface area contributed by atoms with Crippen LogP contribution in [0.3, 0.4) is 0 Å². The molecule has 2 fully saturated rings. The van der Waals surface area contributed by atoms with Gasteiger partial charge in [0.15, 0.2) is 0 Å². The Morgan fingerprint density at radius 3 is 2.83 bits per heavy atom. The summed E-state index contributed by atoms with van der Waals surface area (Å²) in [6.07, 6.45) is 0. The third-order valence-corrected chi connectivity index (χ3v) is 4.69. The summed E-state index contributed by atoms with van der Waals surface area (Å²) >= 11 is 0. The molecule has 1 aromatic carbocycles. The molecule has 1 aromatic rings. The Labute approximate surface area is 137 Å². The lowest BCUT2D eigenvalue weighted by molar-refractivity contribution is -0.142. The zero-order valence-corrected chi connectivity index (χ0v) is 13.8. The van der Waals surface area contributed by atoms with Gasteiger partial charge < -0.3 is 15.1 Å². The van der Waals surface area contributed by atoms with Gasteiger partial charge in [0.25, 0.3) is 0 Å². The summed E-state index contributed by atoms with van der Waals surface area (Å²) in [6.45, 7) is 6.13. The number of benzene rings is 1. The predicted molar refractivity (Wildman–Crippen MR) is 88.0 cm³/mol. The Kier molecular flexibility index (Phi) is 4.52. The highest BCUT2D eigenvalue weighted by Crippen LogP contribution is 2.16. The lowest BCUT2D eigenvalue weighted by Crippen LogP contribution is -2.65. The monoisotopic (exact) mass is 316 g/mol. The van der Waals surface area contributed by atoms with Crippen molar-refractivity contribution in [3.8, 4) is 0 Å². The molecule has 0 aromatic heterocycles. The van der Waals surface area contributed by atoms with Crippen LogP contribution in [-0.4, -0.2) is 72.5 Å². The van der Waals surface area contributed by atoms with Gasteiger partial charge in [-0.3, -0.25) is 9.69 Å². The van der Waals surface area contributed by atoms with E-state index in [0.29, 0.717) is 19.6 Å². The molecule has 2 aliphatic rings. The molecule has 3 rings (SSSR count). The van der Waals surface area contributed by atoms with Gasteiger partial charge in [0.1, 0.15) is 6.04 Å². The number of carbonyl (C=O) groups excluding carboxylic acids is 2. The number of likely N-dealkylation sites (N-methyl/N-ethyl adjacent to an activating group) is 1. The molecule has 6 nitrogen and oxygen atoms in total. The zero-order valence-electron chi connectivity index (χ0n) is 13.8. The average molecular weight is 316 g/mol. The normalized spacial score (nSPS) is 22.0. The fourth-order valence-electron chi connectivity index (χ4n) is 3.26. The first-order chi connectivity index (χ1) is 11.0. The Morgan fingerprint density at radius 1 is 1.26 bits per heavy atom. The van der Waals surface area contributed by atoms with Gasteiger partial charge >= 0.3 is 6.03 Å². The van der Waals surface area contributed by atoms with Crippen LogP contribution < -0.4 is 5.32 Å². The van der Waals surface area contributed by atoms with E-state index in [-0.39, 0.29) is 18.0 Å². The Balaban J connectivity index is 1.57. The van der Waals surface area contributed by atoms with Crippen LogP contribution in [0.4, 0.5) is 4.79 Å². The second-order valence-electron chi connectivity index (χ2n) is 6.41. The molecule has 2 heterocycles. The second-order valence-corrected chi connectivity index (χ2v) is 6.41. The highest BCUT2D eigenvalue weighted by atomic mass is 16.2. The van der Waals surface area contributed by atoms with Crippen molar-refractivity contribution < 1.29 is 9.59 Å². The van der Waals surface area contributed by atoms with Crippen molar-refractivity contribution in [2.75, 3.05) is 39.8 Å². The summed E-state index contributed by atoms with van der Waals surface area (Å²) in [7, 11) is 1.83. The average Bonchev–Trinajstić information content (AvgIpc) is 2.56. The molecule has 23 heavy (non-hydrogen) atoms. The predicted octanol–water partition coefficient (Wildman–Crippen LogP) is 0.663. The largest absolute Gasteiger partial charge is 0.343 e. The van der Waals surface area contributed by atoms with E-state index in [1.807, 2.05) is 32.2 Å². The highest BCUT2D eigenvalue weighted by Gasteiger charge is 2.38. The first-order valence-corrected chi connectivity index (χ1v) is 8.12. The molecule has 2 saturated heterocycles. The summed E-state index contributed by atoms with van der Waals surface area (Å²) in [5, 5.41) is 2.96. The molecular formula is C17H24N4O2. The third-order valence-electron chi connectivity index (χ3n) is 4.69. The van der Waals surface area contributed by atoms with Gasteiger partial charge in [-0.15, -0.1) is 0 Å². The molecule has 2 aliphatic heterocycles. The highest BCUT2D eigenvalue weighted by molar-refractivity contribution is 5.84. The molecule has 1 unspecified atom stereocenters. The number of piperazine rings is 2. The van der Waals surface area contributed by atoms with Crippen molar-refractivity contribution in [1.29, 1.82) is 0 Å². The number of nitrogens with one attached hydrogen (secondary N) is 1. The summed E-state index contributed by atoms with van der Waals surface area (Å²) < 4.78 is 0. The molecule has 0 radical (unpaired) electrons. The van der Waals surface area contributed by atoms with Gasteiger partial charge in [-0.05, 0) is 12.5 Å². The number of amides is 3. The Hall–Kier alpha value is -2.08. The number of urea groups is 1. The number of hydrogen-bond acceptors (Lipinski definition) is 3. The van der Waals surface area contributed by atoms with E-state index in [4.69, 9.17) is 0 Å². The smallest absolute Gasteiger partial charge is 0.317 e. The van der Waals surface area contributed by atoms with Crippen molar-refractivity contribution in [3.63, 3.8) is 0 Å². The Bertz CT molecular complexity index is 604. The van der Waals surface area contributed by atoms with Gasteiger partial charge in [0.05, 0.1) is 0 Å². The van der Waals surface area contributed by atoms with Crippen LogP contribution >= 0.6 is 0 Å². The van der Waals surface area contributed by atoms with Crippen LogP contribution in [0.2, 0.25) is 0 Å². The number of hydrogen-bond donors (Lipinski definition) is 1. The van der Waals surface area contributed by atoms with Crippen LogP contribution in [0, 0.1) is 6.92 Å². The van der Waals surface area contributed by atoms with E-state index in [9.17, 15) is 9.59 Å². The van der Waals surface area contributed by atoms with Crippen LogP contribution in [-0.2, 0) is 11.3 Å². The van der Waals surface area contributed by atoms with Crippen molar-refractivity contribution in [2.24, 2.45) is 0 Å². The second kappa shape index (κ2) is 6.58. The van der Waals surface area contributed by atoms with Crippen LogP contribution in [0.25, 0.3) is 0 Å². The summed E-state index contributed by atoms with van der Waals surface area (Å²) in [4.78, 5) is 30.4. The van der Waals surface area contributed by atoms with E-state index in [1.165, 1.54) is 5.56 Å². The van der Waals surface area contributed by atoms with Gasteiger partial charge in [-0.1, -0.05) is 29.8 Å². The minimum atomic E-state index is -0.188. The fourth-order valence-corrected chi connectivity index (χ4v) is 3.26. The van der Waals surface area contributed by atoms with E-state index in [1.54, 1.807) is 9.80 Å². The van der Waals surface area contributed by atoms with Crippen molar-refractivity contribution in [1.82, 2.24) is 20.0 Å². The zero-order chi connectivity index (χ0) is 16.4. The van der Waals surface area contributed by atoms with Gasteiger partial charge in [-0.2, -0.15) is 0 Å². The molecule has 6 heteroatoms. The first-order valence-electron chi connectivity index (χ1n) is 8.12. The maximum atomic E-state index is 12.4. The third kappa shape index (κ3) is 3.47. The number of fused-ring (bicyclic) bond motifs is 1. The standard InChI is InChI=1S/C17H24N4O2/c1-13-4-3-5-14(10-13)11-18-17(23)21-9-8-20-7-6-19(2)16(22)15(20)12-21/h3-5,10,15H,6-9,11-12H2,1-2H3,(H,18,23). The topological polar surface area (TPSA) is 55.9 Å². The summed E-state index contributed by atoms with van der Waals surface area (Å²) in [6, 6.07) is 7.82.